The van der Waals surface area contributed by atoms with E-state index in [-0.39, 0.29) is 5.69 Å². The third-order valence-electron chi connectivity index (χ3n) is 3.25. The van der Waals surface area contributed by atoms with E-state index in [0.717, 1.165) is 6.07 Å². The molecule has 0 heterocycles. The summed E-state index contributed by atoms with van der Waals surface area (Å²) >= 11 is 0. The Bertz CT molecular complexity index is 828. The van der Waals surface area contributed by atoms with Crippen molar-refractivity contribution in [2.24, 2.45) is 0 Å². The van der Waals surface area contributed by atoms with E-state index in [1.807, 2.05) is 0 Å². The van der Waals surface area contributed by atoms with Crippen molar-refractivity contribution in [2.45, 2.75) is 32.5 Å². The molecule has 2 aromatic rings. The summed E-state index contributed by atoms with van der Waals surface area (Å²) < 4.78 is 45.2. The molecule has 8 heteroatoms. The lowest BCUT2D eigenvalue weighted by molar-refractivity contribution is -0.137. The molecule has 5 nitrogen and oxygen atoms in total. The molecule has 0 aliphatic heterocycles. The van der Waals surface area contributed by atoms with Gasteiger partial charge in [0, 0.05) is 11.4 Å². The molecule has 0 bridgehead atoms. The van der Waals surface area contributed by atoms with Crippen molar-refractivity contribution in [3.63, 3.8) is 0 Å². The van der Waals surface area contributed by atoms with Crippen molar-refractivity contribution < 1.29 is 27.5 Å². The smallest absolute Gasteiger partial charge is 0.417 e. The SMILES string of the molecule is CC(C)(C)OC(=O)Nc1ccc(C(=O)Nc2ccccc2)c(C(F)(F)F)c1. The molecule has 0 unspecified atom stereocenters. The first kappa shape index (κ1) is 20.3. The Morgan fingerprint density at radius 1 is 0.889 bits per heavy atom. The predicted octanol–water partition coefficient (Wildman–Crippen LogP) is 5.30. The van der Waals surface area contributed by atoms with Gasteiger partial charge in [-0.05, 0) is 51.1 Å². The molecule has 144 valence electrons. The van der Waals surface area contributed by atoms with Gasteiger partial charge in [-0.25, -0.2) is 4.79 Å². The van der Waals surface area contributed by atoms with E-state index in [1.165, 1.54) is 6.07 Å². The minimum absolute atomic E-state index is 0.132. The number of halogens is 3. The van der Waals surface area contributed by atoms with Gasteiger partial charge in [0.25, 0.3) is 5.91 Å². The number of amides is 2. The zero-order valence-corrected chi connectivity index (χ0v) is 15.0. The number of nitrogens with one attached hydrogen (secondary N) is 2. The van der Waals surface area contributed by atoms with Gasteiger partial charge in [-0.15, -0.1) is 0 Å². The van der Waals surface area contributed by atoms with Gasteiger partial charge in [-0.2, -0.15) is 13.2 Å². The van der Waals surface area contributed by atoms with Crippen LogP contribution >= 0.6 is 0 Å². The Morgan fingerprint density at radius 3 is 2.07 bits per heavy atom. The van der Waals surface area contributed by atoms with E-state index >= 15 is 0 Å². The maximum atomic E-state index is 13.4. The van der Waals surface area contributed by atoms with Gasteiger partial charge < -0.3 is 10.1 Å². The fraction of sp³-hybridized carbons (Fsp3) is 0.263. The predicted molar refractivity (Wildman–Crippen MR) is 95.7 cm³/mol. The van der Waals surface area contributed by atoms with Crippen molar-refractivity contribution in [1.82, 2.24) is 0 Å². The number of anilines is 2. The van der Waals surface area contributed by atoms with E-state index < -0.39 is 34.9 Å². The number of benzene rings is 2. The normalized spacial score (nSPS) is 11.6. The molecule has 0 aliphatic carbocycles. The van der Waals surface area contributed by atoms with Crippen LogP contribution in [0.5, 0.6) is 0 Å². The van der Waals surface area contributed by atoms with E-state index in [9.17, 15) is 22.8 Å². The van der Waals surface area contributed by atoms with Crippen LogP contribution in [0.15, 0.2) is 48.5 Å². The molecule has 0 saturated heterocycles. The van der Waals surface area contributed by atoms with Gasteiger partial charge in [0.1, 0.15) is 5.60 Å². The number of hydrogen-bond donors (Lipinski definition) is 2. The van der Waals surface area contributed by atoms with Gasteiger partial charge >= 0.3 is 12.3 Å². The zero-order chi connectivity index (χ0) is 20.2. The topological polar surface area (TPSA) is 67.4 Å². The van der Waals surface area contributed by atoms with E-state index in [2.05, 4.69) is 10.6 Å². The fourth-order valence-electron chi connectivity index (χ4n) is 2.20. The molecule has 0 atom stereocenters. The van der Waals surface area contributed by atoms with Crippen LogP contribution in [0.1, 0.15) is 36.7 Å². The molecule has 27 heavy (non-hydrogen) atoms. The number of hydrogen-bond acceptors (Lipinski definition) is 3. The van der Waals surface area contributed by atoms with Crippen molar-refractivity contribution in [1.29, 1.82) is 0 Å². The molecule has 2 aromatic carbocycles. The van der Waals surface area contributed by atoms with E-state index in [4.69, 9.17) is 4.74 Å². The third-order valence-corrected chi connectivity index (χ3v) is 3.25. The summed E-state index contributed by atoms with van der Waals surface area (Å²) in [6, 6.07) is 11.0. The molecule has 2 rings (SSSR count). The quantitative estimate of drug-likeness (QED) is 0.759. The summed E-state index contributed by atoms with van der Waals surface area (Å²) in [4.78, 5) is 24.0. The third kappa shape index (κ3) is 6.02. The first-order valence-electron chi connectivity index (χ1n) is 8.03. The Kier molecular flexibility index (Phi) is 5.78. The van der Waals surface area contributed by atoms with E-state index in [0.29, 0.717) is 11.8 Å². The number of ether oxygens (including phenoxy) is 1. The summed E-state index contributed by atoms with van der Waals surface area (Å²) in [5.74, 6) is -0.905. The van der Waals surface area contributed by atoms with Crippen LogP contribution in [0.2, 0.25) is 0 Å². The van der Waals surface area contributed by atoms with E-state index in [1.54, 1.807) is 51.1 Å². The van der Waals surface area contributed by atoms with Crippen LogP contribution < -0.4 is 10.6 Å². The van der Waals surface area contributed by atoms with Crippen LogP contribution in [0.3, 0.4) is 0 Å². The largest absolute Gasteiger partial charge is 0.444 e. The molecule has 0 radical (unpaired) electrons. The van der Waals surface area contributed by atoms with Crippen LogP contribution in [-0.2, 0) is 10.9 Å². The molecule has 0 saturated carbocycles. The Morgan fingerprint density at radius 2 is 1.52 bits per heavy atom. The molecular weight excluding hydrogens is 361 g/mol. The minimum Gasteiger partial charge on any atom is -0.444 e. The molecule has 2 amide bonds. The molecular formula is C19H19F3N2O3. The number of carbonyl (C=O) groups excluding carboxylic acids is 2. The molecule has 0 aromatic heterocycles. The summed E-state index contributed by atoms with van der Waals surface area (Å²) in [6.07, 6.45) is -5.67. The molecule has 2 N–H and O–H groups in total. The Labute approximate surface area is 154 Å². The second kappa shape index (κ2) is 7.69. The molecule has 0 spiro atoms. The first-order chi connectivity index (χ1) is 12.5. The lowest BCUT2D eigenvalue weighted by Crippen LogP contribution is -2.27. The van der Waals surface area contributed by atoms with Gasteiger partial charge in [0.2, 0.25) is 0 Å². The van der Waals surface area contributed by atoms with Crippen molar-refractivity contribution in [3.8, 4) is 0 Å². The first-order valence-corrected chi connectivity index (χ1v) is 8.03. The highest BCUT2D eigenvalue weighted by Gasteiger charge is 2.35. The number of para-hydroxylation sites is 1. The average molecular weight is 380 g/mol. The molecule has 0 fully saturated rings. The second-order valence-corrected chi connectivity index (χ2v) is 6.71. The Hall–Kier alpha value is -3.03. The summed E-state index contributed by atoms with van der Waals surface area (Å²) in [5, 5.41) is 4.64. The highest BCUT2D eigenvalue weighted by Crippen LogP contribution is 2.34. The maximum Gasteiger partial charge on any atom is 0.417 e. The van der Waals surface area contributed by atoms with Gasteiger partial charge in [-0.1, -0.05) is 18.2 Å². The fourth-order valence-corrected chi connectivity index (χ4v) is 2.20. The maximum absolute atomic E-state index is 13.4. The van der Waals surface area contributed by atoms with Gasteiger partial charge in [0.05, 0.1) is 11.1 Å². The minimum atomic E-state index is -4.78. The van der Waals surface area contributed by atoms with Crippen molar-refractivity contribution >= 4 is 23.4 Å². The highest BCUT2D eigenvalue weighted by atomic mass is 19.4. The van der Waals surface area contributed by atoms with Crippen LogP contribution in [0, 0.1) is 0 Å². The summed E-state index contributed by atoms with van der Waals surface area (Å²) in [5.41, 5.74) is -2.28. The van der Waals surface area contributed by atoms with Gasteiger partial charge in [0.15, 0.2) is 0 Å². The van der Waals surface area contributed by atoms with Gasteiger partial charge in [-0.3, -0.25) is 10.1 Å². The summed E-state index contributed by atoms with van der Waals surface area (Å²) in [7, 11) is 0. The molecule has 0 aliphatic rings. The monoisotopic (exact) mass is 380 g/mol. The average Bonchev–Trinajstić information content (AvgIpc) is 2.53. The lowest BCUT2D eigenvalue weighted by Gasteiger charge is -2.20. The van der Waals surface area contributed by atoms with Crippen molar-refractivity contribution in [3.05, 3.63) is 59.7 Å². The zero-order valence-electron chi connectivity index (χ0n) is 15.0. The van der Waals surface area contributed by atoms with Crippen LogP contribution in [0.4, 0.5) is 29.3 Å². The standard InChI is InChI=1S/C19H19F3N2O3/c1-18(2,3)27-17(26)24-13-9-10-14(15(11-13)19(20,21)22)16(25)23-12-7-5-4-6-8-12/h4-11H,1-3H3,(H,23,25)(H,24,26). The van der Waals surface area contributed by atoms with Crippen LogP contribution in [-0.4, -0.2) is 17.6 Å². The highest BCUT2D eigenvalue weighted by molar-refractivity contribution is 6.05. The van der Waals surface area contributed by atoms with Crippen molar-refractivity contribution in [2.75, 3.05) is 10.6 Å². The number of carbonyl (C=O) groups is 2. The second-order valence-electron chi connectivity index (χ2n) is 6.71. The lowest BCUT2D eigenvalue weighted by atomic mass is 10.0. The Balaban J connectivity index is 2.28. The number of alkyl halides is 3. The number of rotatable bonds is 3. The summed E-state index contributed by atoms with van der Waals surface area (Å²) in [6.45, 7) is 4.89. The van der Waals surface area contributed by atoms with Crippen LogP contribution in [0.25, 0.3) is 0 Å².